The van der Waals surface area contributed by atoms with E-state index in [9.17, 15) is 24.9 Å². The zero-order valence-electron chi connectivity index (χ0n) is 17.9. The van der Waals surface area contributed by atoms with E-state index >= 15 is 0 Å². The van der Waals surface area contributed by atoms with Crippen LogP contribution in [0, 0.1) is 11.8 Å². The molecule has 1 aliphatic carbocycles. The number of aromatic hydroxyl groups is 1. The van der Waals surface area contributed by atoms with Crippen molar-refractivity contribution in [3.8, 4) is 5.75 Å². The lowest BCUT2D eigenvalue weighted by Crippen LogP contribution is -2.23. The fourth-order valence-corrected chi connectivity index (χ4v) is 4.59. The molecule has 1 aromatic rings. The van der Waals surface area contributed by atoms with Crippen molar-refractivity contribution in [3.05, 3.63) is 29.3 Å². The van der Waals surface area contributed by atoms with E-state index in [1.807, 2.05) is 19.1 Å². The predicted molar refractivity (Wildman–Crippen MR) is 114 cm³/mol. The van der Waals surface area contributed by atoms with Crippen LogP contribution in [0.2, 0.25) is 0 Å². The number of unbranched alkanes of at least 4 members (excludes halogenated alkanes) is 3. The van der Waals surface area contributed by atoms with Gasteiger partial charge in [0.05, 0.1) is 12.2 Å². The first-order valence-corrected chi connectivity index (χ1v) is 11.2. The molecule has 4 atom stereocenters. The number of rotatable bonds is 13. The molecule has 4 N–H and O–H groups in total. The summed E-state index contributed by atoms with van der Waals surface area (Å²) in [7, 11) is 0. The molecule has 2 rings (SSSR count). The molecule has 1 saturated carbocycles. The maximum absolute atomic E-state index is 12.3. The molecule has 0 bridgehead atoms. The second kappa shape index (κ2) is 12.1. The fourth-order valence-electron chi connectivity index (χ4n) is 4.59. The van der Waals surface area contributed by atoms with Gasteiger partial charge in [0, 0.05) is 18.8 Å². The van der Waals surface area contributed by atoms with E-state index in [1.165, 1.54) is 0 Å². The van der Waals surface area contributed by atoms with Crippen LogP contribution in [-0.2, 0) is 22.4 Å². The number of hydrogen-bond acceptors (Lipinski definition) is 5. The van der Waals surface area contributed by atoms with Crippen molar-refractivity contribution in [2.75, 3.05) is 0 Å². The number of aliphatic carboxylic acids is 1. The number of carbonyl (C=O) groups excluding carboxylic acids is 1. The highest BCUT2D eigenvalue weighted by Crippen LogP contribution is 2.36. The Labute approximate surface area is 178 Å². The molecular weight excluding hydrogens is 384 g/mol. The highest BCUT2D eigenvalue weighted by Gasteiger charge is 2.40. The smallest absolute Gasteiger partial charge is 0.303 e. The third-order valence-electron chi connectivity index (χ3n) is 6.32. The molecule has 6 nitrogen and oxygen atoms in total. The van der Waals surface area contributed by atoms with Crippen molar-refractivity contribution in [2.24, 2.45) is 11.8 Å². The minimum atomic E-state index is -0.777. The standard InChI is InChI=1S/C24H36O6/c1-2-17-13-16(9-12-21(17)26)14-18(25)10-11-20-19(22(27)15-23(20)28)7-5-3-4-6-8-24(29)30/h9,12-13,18-20,23,25-26,28H,2-8,10-11,14-15H2,1H3,(H,29,30)/t18-,19+,20+,23+/m0/s1. The molecule has 1 aliphatic rings. The van der Waals surface area contributed by atoms with Crippen molar-refractivity contribution >= 4 is 11.8 Å². The Kier molecular flexibility index (Phi) is 9.79. The molecule has 0 radical (unpaired) electrons. The minimum Gasteiger partial charge on any atom is -0.508 e. The highest BCUT2D eigenvalue weighted by molar-refractivity contribution is 5.84. The Morgan fingerprint density at radius 3 is 2.60 bits per heavy atom. The van der Waals surface area contributed by atoms with Crippen molar-refractivity contribution in [3.63, 3.8) is 0 Å². The molecule has 168 valence electrons. The van der Waals surface area contributed by atoms with Crippen LogP contribution in [0.5, 0.6) is 5.75 Å². The Morgan fingerprint density at radius 1 is 1.17 bits per heavy atom. The van der Waals surface area contributed by atoms with Gasteiger partial charge in [0.2, 0.25) is 0 Å². The Hall–Kier alpha value is -1.92. The van der Waals surface area contributed by atoms with Crippen LogP contribution >= 0.6 is 0 Å². The molecule has 6 heteroatoms. The molecule has 0 unspecified atom stereocenters. The summed E-state index contributed by atoms with van der Waals surface area (Å²) in [6, 6.07) is 5.39. The number of carbonyl (C=O) groups is 2. The average molecular weight is 421 g/mol. The van der Waals surface area contributed by atoms with E-state index < -0.39 is 18.2 Å². The third kappa shape index (κ3) is 7.40. The van der Waals surface area contributed by atoms with Gasteiger partial charge in [0.1, 0.15) is 11.5 Å². The number of carboxylic acids is 1. The predicted octanol–water partition coefficient (Wildman–Crippen LogP) is 3.63. The number of Topliss-reactive ketones (excluding diaryl/α,β-unsaturated/α-hetero) is 1. The topological polar surface area (TPSA) is 115 Å². The number of aryl methyl sites for hydroxylation is 1. The van der Waals surface area contributed by atoms with Gasteiger partial charge in [-0.05, 0) is 61.6 Å². The lowest BCUT2D eigenvalue weighted by atomic mass is 9.85. The van der Waals surface area contributed by atoms with Crippen LogP contribution in [0.15, 0.2) is 18.2 Å². The maximum atomic E-state index is 12.3. The quantitative estimate of drug-likeness (QED) is 0.362. The molecule has 1 fully saturated rings. The zero-order chi connectivity index (χ0) is 22.1. The van der Waals surface area contributed by atoms with Gasteiger partial charge in [-0.1, -0.05) is 38.3 Å². The third-order valence-corrected chi connectivity index (χ3v) is 6.32. The van der Waals surface area contributed by atoms with E-state index in [0.717, 1.165) is 43.2 Å². The van der Waals surface area contributed by atoms with E-state index in [4.69, 9.17) is 5.11 Å². The Morgan fingerprint density at radius 2 is 1.90 bits per heavy atom. The fraction of sp³-hybridized carbons (Fsp3) is 0.667. The summed E-state index contributed by atoms with van der Waals surface area (Å²) >= 11 is 0. The summed E-state index contributed by atoms with van der Waals surface area (Å²) in [5.74, 6) is -0.669. The summed E-state index contributed by atoms with van der Waals surface area (Å²) in [5.41, 5.74) is 1.83. The van der Waals surface area contributed by atoms with Gasteiger partial charge in [-0.3, -0.25) is 9.59 Å². The van der Waals surface area contributed by atoms with Crippen LogP contribution < -0.4 is 0 Å². The van der Waals surface area contributed by atoms with Crippen molar-refractivity contribution < 1.29 is 30.0 Å². The van der Waals surface area contributed by atoms with Crippen LogP contribution in [0.4, 0.5) is 0 Å². The molecule has 0 spiro atoms. The zero-order valence-corrected chi connectivity index (χ0v) is 17.9. The van der Waals surface area contributed by atoms with Crippen molar-refractivity contribution in [1.29, 1.82) is 0 Å². The first-order valence-electron chi connectivity index (χ1n) is 11.2. The second-order valence-corrected chi connectivity index (χ2v) is 8.61. The first-order chi connectivity index (χ1) is 14.3. The number of ketones is 1. The SMILES string of the molecule is CCc1cc(C[C@@H](O)CC[C@H]2[C@H](O)CC(=O)[C@@H]2CCCCCCC(=O)O)ccc1O. The van der Waals surface area contributed by atoms with Crippen LogP contribution in [0.1, 0.15) is 75.8 Å². The molecular formula is C24H36O6. The number of carboxylic acid groups (broad SMARTS) is 1. The highest BCUT2D eigenvalue weighted by atomic mass is 16.4. The number of phenolic OH excluding ortho intramolecular Hbond substituents is 1. The number of aliphatic hydroxyl groups is 2. The Balaban J connectivity index is 1.79. The molecule has 1 aromatic carbocycles. The van der Waals surface area contributed by atoms with Gasteiger partial charge in [-0.15, -0.1) is 0 Å². The van der Waals surface area contributed by atoms with E-state index in [1.54, 1.807) is 6.07 Å². The first kappa shape index (κ1) is 24.4. The van der Waals surface area contributed by atoms with Crippen LogP contribution in [0.3, 0.4) is 0 Å². The van der Waals surface area contributed by atoms with Crippen LogP contribution in [-0.4, -0.2) is 44.4 Å². The van der Waals surface area contributed by atoms with Gasteiger partial charge >= 0.3 is 5.97 Å². The molecule has 0 aliphatic heterocycles. The summed E-state index contributed by atoms with van der Waals surface area (Å²) in [4.78, 5) is 22.9. The number of hydrogen-bond donors (Lipinski definition) is 4. The summed E-state index contributed by atoms with van der Waals surface area (Å²) in [6.45, 7) is 1.97. The summed E-state index contributed by atoms with van der Waals surface area (Å²) in [5, 5.41) is 39.3. The van der Waals surface area contributed by atoms with Gasteiger partial charge in [-0.25, -0.2) is 0 Å². The van der Waals surface area contributed by atoms with Crippen LogP contribution in [0.25, 0.3) is 0 Å². The molecule has 30 heavy (non-hydrogen) atoms. The second-order valence-electron chi connectivity index (χ2n) is 8.61. The van der Waals surface area contributed by atoms with Gasteiger partial charge in [0.15, 0.2) is 0 Å². The molecule has 0 amide bonds. The van der Waals surface area contributed by atoms with Crippen molar-refractivity contribution in [2.45, 2.75) is 89.8 Å². The number of aliphatic hydroxyl groups excluding tert-OH is 2. The van der Waals surface area contributed by atoms with Gasteiger partial charge < -0.3 is 20.4 Å². The largest absolute Gasteiger partial charge is 0.508 e. The lowest BCUT2D eigenvalue weighted by Gasteiger charge is -2.22. The van der Waals surface area contributed by atoms with Gasteiger partial charge in [0.25, 0.3) is 0 Å². The maximum Gasteiger partial charge on any atom is 0.303 e. The molecule has 0 aromatic heterocycles. The van der Waals surface area contributed by atoms with Gasteiger partial charge in [-0.2, -0.15) is 0 Å². The van der Waals surface area contributed by atoms with E-state index in [0.29, 0.717) is 25.7 Å². The van der Waals surface area contributed by atoms with Crippen molar-refractivity contribution in [1.82, 2.24) is 0 Å². The normalized spacial score (nSPS) is 22.4. The number of phenols is 1. The minimum absolute atomic E-state index is 0.110. The van der Waals surface area contributed by atoms with E-state index in [2.05, 4.69) is 0 Å². The molecule has 0 heterocycles. The molecule has 0 saturated heterocycles. The summed E-state index contributed by atoms with van der Waals surface area (Å²) < 4.78 is 0. The lowest BCUT2D eigenvalue weighted by molar-refractivity contribution is -0.137. The average Bonchev–Trinajstić information content (AvgIpc) is 2.96. The van der Waals surface area contributed by atoms with E-state index in [-0.39, 0.29) is 36.2 Å². The monoisotopic (exact) mass is 420 g/mol. The number of benzene rings is 1. The Bertz CT molecular complexity index is 701. The summed E-state index contributed by atoms with van der Waals surface area (Å²) in [6.07, 6.45) is 5.49.